The molecule has 2 aromatic carbocycles. The molecule has 3 aromatic rings. The average molecular weight is 485 g/mol. The van der Waals surface area contributed by atoms with Crippen molar-refractivity contribution < 1.29 is 14.6 Å². The first-order valence-electron chi connectivity index (χ1n) is 9.43. The molecule has 0 amide bonds. The molecule has 3 rings (SSSR count). The summed E-state index contributed by atoms with van der Waals surface area (Å²) in [6.07, 6.45) is 0.712. The quantitative estimate of drug-likeness (QED) is 0.472. The normalized spacial score (nSPS) is 10.8. The predicted molar refractivity (Wildman–Crippen MR) is 119 cm³/mol. The number of nitriles is 1. The molecular weight excluding hydrogens is 463 g/mol. The third-order valence-corrected chi connectivity index (χ3v) is 8.08. The van der Waals surface area contributed by atoms with Crippen LogP contribution in [0.25, 0.3) is 10.1 Å². The molecule has 0 aliphatic heterocycles. The van der Waals surface area contributed by atoms with Crippen LogP contribution in [0.3, 0.4) is 0 Å². The molecule has 1 N–H and O–H groups in total. The summed E-state index contributed by atoms with van der Waals surface area (Å²) in [4.78, 5) is 18.0. The minimum atomic E-state index is -0.938. The van der Waals surface area contributed by atoms with Gasteiger partial charge in [0.15, 0.2) is 0 Å². The van der Waals surface area contributed by atoms with Crippen LogP contribution in [0.5, 0.6) is 5.75 Å². The zero-order valence-corrected chi connectivity index (χ0v) is 19.8. The van der Waals surface area contributed by atoms with Gasteiger partial charge in [0.25, 0.3) is 0 Å². The molecule has 0 bridgehead atoms. The first-order chi connectivity index (χ1) is 14.3. The zero-order chi connectivity index (χ0) is 21.8. The van der Waals surface area contributed by atoms with E-state index in [1.54, 1.807) is 14.0 Å². The topological polar surface area (TPSA) is 83.2 Å². The summed E-state index contributed by atoms with van der Waals surface area (Å²) in [5.74, 6) is 0.0574. The molecule has 0 saturated heterocycles. The third kappa shape index (κ3) is 4.62. The van der Waals surface area contributed by atoms with Gasteiger partial charge in [-0.25, -0.2) is 0 Å². The average Bonchev–Trinajstić information content (AvgIpc) is 3.10. The molecule has 0 spiro atoms. The summed E-state index contributed by atoms with van der Waals surface area (Å²) >= 11 is 1.06. The Morgan fingerprint density at radius 3 is 2.57 bits per heavy atom. The molecule has 0 saturated carbocycles. The molecule has 30 heavy (non-hydrogen) atoms. The second-order valence-corrected chi connectivity index (χ2v) is 10.4. The first-order valence-corrected chi connectivity index (χ1v) is 12.0. The van der Waals surface area contributed by atoms with E-state index in [4.69, 9.17) is 4.74 Å². The summed E-state index contributed by atoms with van der Waals surface area (Å²) in [6.45, 7) is 5.93. The van der Waals surface area contributed by atoms with Crippen LogP contribution in [0.4, 0.5) is 0 Å². The van der Waals surface area contributed by atoms with E-state index in [9.17, 15) is 15.2 Å². The van der Waals surface area contributed by atoms with Gasteiger partial charge in [-0.05, 0) is 0 Å². The maximum atomic E-state index is 11.6. The fourth-order valence-corrected chi connectivity index (χ4v) is 6.33. The van der Waals surface area contributed by atoms with Crippen LogP contribution >= 0.6 is 11.8 Å². The van der Waals surface area contributed by atoms with Crippen LogP contribution in [0.15, 0.2) is 46.2 Å². The van der Waals surface area contributed by atoms with Crippen LogP contribution in [0, 0.1) is 24.2 Å². The van der Waals surface area contributed by atoms with Crippen molar-refractivity contribution in [3.63, 3.8) is 0 Å². The number of carbonyl (C=O) groups is 1. The van der Waals surface area contributed by atoms with Crippen molar-refractivity contribution in [2.75, 3.05) is 7.11 Å². The number of ether oxygens (including phenoxy) is 1. The summed E-state index contributed by atoms with van der Waals surface area (Å²) in [5.41, 5.74) is 2.76. The van der Waals surface area contributed by atoms with Gasteiger partial charge in [-0.1, -0.05) is 0 Å². The number of carboxylic acids is 1. The maximum absolute atomic E-state index is 11.6. The fourth-order valence-electron chi connectivity index (χ4n) is 3.17. The molecule has 1 aromatic heterocycles. The number of aryl methyl sites for hydroxylation is 1. The van der Waals surface area contributed by atoms with Gasteiger partial charge in [0.2, 0.25) is 0 Å². The van der Waals surface area contributed by atoms with E-state index in [1.165, 1.54) is 11.8 Å². The van der Waals surface area contributed by atoms with Crippen molar-refractivity contribution in [2.45, 2.75) is 37.0 Å². The Labute approximate surface area is 186 Å². The Bertz CT molecular complexity index is 1120. The summed E-state index contributed by atoms with van der Waals surface area (Å²) < 4.78 is 6.71. The second-order valence-electron chi connectivity index (χ2n) is 7.17. The minimum absolute atomic E-state index is 0.344. The van der Waals surface area contributed by atoms with Crippen LogP contribution in [-0.4, -0.2) is 37.7 Å². The van der Waals surface area contributed by atoms with E-state index >= 15 is 0 Å². The Kier molecular flexibility index (Phi) is 7.04. The van der Waals surface area contributed by atoms with Crippen LogP contribution in [-0.2, 0) is 6.42 Å². The van der Waals surface area contributed by atoms with Crippen molar-refractivity contribution in [1.82, 2.24) is 4.98 Å². The number of rotatable bonds is 7. The van der Waals surface area contributed by atoms with E-state index in [0.717, 1.165) is 20.9 Å². The number of aromatic carboxylic acids is 1. The van der Waals surface area contributed by atoms with Crippen molar-refractivity contribution in [3.05, 3.63) is 57.7 Å². The molecule has 0 aliphatic carbocycles. The Morgan fingerprint density at radius 2 is 2.03 bits per heavy atom. The zero-order valence-electron chi connectivity index (χ0n) is 17.2. The molecule has 0 radical (unpaired) electrons. The number of carboxylic acid groups (broad SMARTS) is 1. The molecule has 5 nitrogen and oxygen atoms in total. The Balaban J connectivity index is 2.30. The molecule has 0 fully saturated rings. The number of aromatic nitrogens is 1. The van der Waals surface area contributed by atoms with Crippen LogP contribution in [0.1, 0.15) is 39.9 Å². The van der Waals surface area contributed by atoms with Gasteiger partial charge < -0.3 is 0 Å². The van der Waals surface area contributed by atoms with Gasteiger partial charge >= 0.3 is 187 Å². The summed E-state index contributed by atoms with van der Waals surface area (Å²) in [7, 11) is 1.60. The van der Waals surface area contributed by atoms with E-state index in [-0.39, 0.29) is 0 Å². The molecule has 7 heteroatoms. The van der Waals surface area contributed by atoms with Crippen LogP contribution < -0.4 is 4.74 Å². The third-order valence-electron chi connectivity index (χ3n) is 4.47. The summed E-state index contributed by atoms with van der Waals surface area (Å²) in [5, 5.41) is 19.6. The molecule has 0 aliphatic rings. The van der Waals surface area contributed by atoms with Crippen molar-refractivity contribution in [3.8, 4) is 22.0 Å². The van der Waals surface area contributed by atoms with Crippen LogP contribution in [0.2, 0.25) is 0 Å². The van der Waals surface area contributed by atoms with Gasteiger partial charge in [-0.3, -0.25) is 0 Å². The van der Waals surface area contributed by atoms with Crippen molar-refractivity contribution in [1.29, 1.82) is 5.26 Å². The van der Waals surface area contributed by atoms with E-state index in [0.29, 0.717) is 38.4 Å². The van der Waals surface area contributed by atoms with E-state index < -0.39 is 20.5 Å². The number of hydrogen-bond donors (Lipinski definition) is 1. The summed E-state index contributed by atoms with van der Waals surface area (Å²) in [6, 6.07) is 14.2. The molecule has 0 atom stereocenters. The molecule has 1 heterocycles. The van der Waals surface area contributed by atoms with Gasteiger partial charge in [0, 0.05) is 0 Å². The van der Waals surface area contributed by atoms with Gasteiger partial charge in [0.05, 0.1) is 0 Å². The first kappa shape index (κ1) is 22.2. The van der Waals surface area contributed by atoms with Gasteiger partial charge in [-0.2, -0.15) is 0 Å². The second kappa shape index (κ2) is 9.53. The number of methoxy groups -OCH3 is 1. The standard InChI is InChI=1S/C23H22N2O3SSe/c1-13(2)10-16-18(12-24)20(29-15-8-6-5-7-9-15)17(11-19(16)28-4)22-25-14(3)21(30-22)23(26)27/h5-9,11,13H,10H2,1-4H3,(H,26,27). The molecule has 154 valence electrons. The van der Waals surface area contributed by atoms with Crippen molar-refractivity contribution in [2.24, 2.45) is 5.92 Å². The number of benzene rings is 2. The SMILES string of the molecule is COc1cc(-c2nc(C)c(C(=O)O)[se]2)c(Sc2ccccc2)c(C#N)c1CC(C)C. The Hall–Kier alpha value is -2.52. The van der Waals surface area contributed by atoms with E-state index in [2.05, 4.69) is 24.9 Å². The van der Waals surface area contributed by atoms with E-state index in [1.807, 2.05) is 36.4 Å². The van der Waals surface area contributed by atoms with Gasteiger partial charge in [0.1, 0.15) is 0 Å². The van der Waals surface area contributed by atoms with Crippen molar-refractivity contribution >= 4 is 32.2 Å². The fraction of sp³-hybridized carbons (Fsp3) is 0.261. The molecule has 0 unspecified atom stereocenters. The number of nitrogens with zero attached hydrogens (tertiary/aromatic N) is 2. The molecular formula is C23H22N2O3SSe. The number of hydrogen-bond acceptors (Lipinski definition) is 5. The predicted octanol–water partition coefficient (Wildman–Crippen LogP) is 5.04. The van der Waals surface area contributed by atoms with Gasteiger partial charge in [-0.15, -0.1) is 0 Å². The Morgan fingerprint density at radius 1 is 1.33 bits per heavy atom. The monoisotopic (exact) mass is 486 g/mol.